The number of quaternary nitrogens is 1. The van der Waals surface area contributed by atoms with Crippen molar-refractivity contribution in [3.05, 3.63) is 60.8 Å². The fraction of sp³-hybridized carbons (Fsp3) is 0.750. The predicted octanol–water partition coefficient (Wildman–Crippen LogP) is 12.2. The van der Waals surface area contributed by atoms with E-state index in [1.807, 2.05) is 21.1 Å². The zero-order valence-corrected chi connectivity index (χ0v) is 38.8. The van der Waals surface area contributed by atoms with Gasteiger partial charge in [0.05, 0.1) is 40.0 Å². The van der Waals surface area contributed by atoms with Gasteiger partial charge in [-0.15, -0.1) is 0 Å². The molecular weight excluding hydrogens is 765 g/mol. The third-order valence-corrected chi connectivity index (χ3v) is 10.9. The van der Waals surface area contributed by atoms with E-state index in [0.717, 1.165) is 64.2 Å². The van der Waals surface area contributed by atoms with Crippen LogP contribution in [0.3, 0.4) is 0 Å². The smallest absolute Gasteiger partial charge is 0.462 e. The maximum atomic E-state index is 12.7. The van der Waals surface area contributed by atoms with Crippen molar-refractivity contribution in [1.82, 2.24) is 0 Å². The molecule has 1 heterocycles. The first-order chi connectivity index (χ1) is 28.5. The summed E-state index contributed by atoms with van der Waals surface area (Å²) in [5.41, 5.74) is 0. The minimum absolute atomic E-state index is 0.0145. The van der Waals surface area contributed by atoms with Crippen LogP contribution in [0.15, 0.2) is 60.8 Å². The molecule has 0 amide bonds. The second-order valence-electron chi connectivity index (χ2n) is 16.8. The predicted molar refractivity (Wildman–Crippen MR) is 242 cm³/mol. The van der Waals surface area contributed by atoms with Gasteiger partial charge in [-0.25, -0.2) is 4.57 Å². The summed E-state index contributed by atoms with van der Waals surface area (Å²) >= 11 is 0. The van der Waals surface area contributed by atoms with Crippen LogP contribution in [0.5, 0.6) is 0 Å². The molecule has 0 aromatic rings. The Labute approximate surface area is 360 Å². The first kappa shape index (κ1) is 54.7. The molecule has 4 atom stereocenters. The standard InChI is InChI=1S/C48H84NO9P/c1-6-8-10-12-14-16-17-18-19-20-21-22-23-25-27-29-34-38-47(50)54-42-44(43-56-59(52,53)55-41-40-49(3,4)5)57-48(51)39-35-31-30-33-37-46-45(58-46)36-32-28-26-24-15-13-11-9-7-2/h14-16,18-19,24,28,30,32-33,44-46H,6-13,17,20-23,25-27,29,31,34-43H2,1-5H3/p+1/b16-14-,19-18-,24-15-,32-28-,33-30-/t44-,45?,46?/m1/s1. The monoisotopic (exact) mass is 851 g/mol. The van der Waals surface area contributed by atoms with Crippen molar-refractivity contribution in [3.63, 3.8) is 0 Å². The van der Waals surface area contributed by atoms with Crippen LogP contribution >= 0.6 is 7.82 Å². The Morgan fingerprint density at radius 2 is 1.08 bits per heavy atom. The minimum Gasteiger partial charge on any atom is -0.462 e. The number of phosphoric acid groups is 1. The third kappa shape index (κ3) is 37.2. The van der Waals surface area contributed by atoms with Crippen LogP contribution in [0.4, 0.5) is 0 Å². The lowest BCUT2D eigenvalue weighted by atomic mass is 10.1. The number of esters is 2. The lowest BCUT2D eigenvalue weighted by Crippen LogP contribution is -2.37. The quantitative estimate of drug-likeness (QED) is 0.0160. The number of hydrogen-bond acceptors (Lipinski definition) is 8. The molecule has 10 nitrogen and oxygen atoms in total. The van der Waals surface area contributed by atoms with E-state index < -0.39 is 32.5 Å². The number of rotatable bonds is 40. The van der Waals surface area contributed by atoms with Crippen LogP contribution in [0, 0.1) is 0 Å². The van der Waals surface area contributed by atoms with Crippen molar-refractivity contribution in [3.8, 4) is 0 Å². The van der Waals surface area contributed by atoms with Gasteiger partial charge < -0.3 is 23.6 Å². The molecule has 0 aromatic carbocycles. The molecule has 1 N–H and O–H groups in total. The number of phosphoric ester groups is 1. The highest BCUT2D eigenvalue weighted by Gasteiger charge is 2.36. The molecule has 340 valence electrons. The number of epoxide rings is 1. The zero-order chi connectivity index (χ0) is 43.3. The van der Waals surface area contributed by atoms with Crippen LogP contribution in [-0.2, 0) is 37.4 Å². The number of allylic oxidation sites excluding steroid dienone is 8. The van der Waals surface area contributed by atoms with Gasteiger partial charge in [-0.1, -0.05) is 132 Å². The normalized spacial score (nSPS) is 17.5. The van der Waals surface area contributed by atoms with Crippen molar-refractivity contribution in [2.24, 2.45) is 0 Å². The lowest BCUT2D eigenvalue weighted by molar-refractivity contribution is -0.870. The summed E-state index contributed by atoms with van der Waals surface area (Å²) in [5, 5.41) is 0. The van der Waals surface area contributed by atoms with Gasteiger partial charge in [0.1, 0.15) is 19.8 Å². The van der Waals surface area contributed by atoms with Gasteiger partial charge in [0.2, 0.25) is 0 Å². The van der Waals surface area contributed by atoms with Crippen LogP contribution in [0.1, 0.15) is 168 Å². The number of ether oxygens (including phenoxy) is 3. The molecule has 3 unspecified atom stereocenters. The van der Waals surface area contributed by atoms with Crippen LogP contribution < -0.4 is 0 Å². The van der Waals surface area contributed by atoms with Gasteiger partial charge in [0, 0.05) is 12.8 Å². The Bertz CT molecular complexity index is 1260. The van der Waals surface area contributed by atoms with Crippen LogP contribution in [0.2, 0.25) is 0 Å². The number of carbonyl (C=O) groups excluding carboxylic acids is 2. The highest BCUT2D eigenvalue weighted by atomic mass is 31.2. The molecule has 59 heavy (non-hydrogen) atoms. The number of likely N-dealkylation sites (N-methyl/N-ethyl adjacent to an activating group) is 1. The first-order valence-electron chi connectivity index (χ1n) is 23.1. The van der Waals surface area contributed by atoms with Crippen LogP contribution in [-0.4, -0.2) is 87.1 Å². The van der Waals surface area contributed by atoms with E-state index >= 15 is 0 Å². The Morgan fingerprint density at radius 1 is 0.610 bits per heavy atom. The van der Waals surface area contributed by atoms with Crippen molar-refractivity contribution in [2.75, 3.05) is 47.5 Å². The van der Waals surface area contributed by atoms with Crippen molar-refractivity contribution in [2.45, 2.75) is 186 Å². The van der Waals surface area contributed by atoms with E-state index in [4.69, 9.17) is 23.3 Å². The fourth-order valence-corrected chi connectivity index (χ4v) is 6.88. The minimum atomic E-state index is -4.40. The SMILES string of the molecule is CCCCC/C=C\C/C=C\CCCCCCCCCC(=O)OC[C@H](COP(=O)(O)OCC[N+](C)(C)C)OC(=O)CCC/C=C\CC1OC1C/C=C\C/C=C\CCCCC. The molecule has 1 fully saturated rings. The topological polar surface area (TPSA) is 121 Å². The van der Waals surface area contributed by atoms with E-state index in [1.165, 1.54) is 64.2 Å². The summed E-state index contributed by atoms with van der Waals surface area (Å²) in [7, 11) is 1.42. The molecule has 0 radical (unpaired) electrons. The van der Waals surface area contributed by atoms with Gasteiger partial charge in [-0.05, 0) is 83.5 Å². The molecule has 0 aromatic heterocycles. The Balaban J connectivity index is 2.32. The van der Waals surface area contributed by atoms with Crippen molar-refractivity contribution < 1.29 is 46.8 Å². The Kier molecular flexibility index (Phi) is 33.7. The number of unbranched alkanes of at least 4 members (excludes halogenated alkanes) is 14. The van der Waals surface area contributed by atoms with Gasteiger partial charge in [-0.3, -0.25) is 18.6 Å². The average Bonchev–Trinajstić information content (AvgIpc) is 3.94. The number of nitrogens with zero attached hydrogens (tertiary/aromatic N) is 1. The van der Waals surface area contributed by atoms with E-state index in [0.29, 0.717) is 23.9 Å². The largest absolute Gasteiger partial charge is 0.472 e. The average molecular weight is 851 g/mol. The van der Waals surface area contributed by atoms with Gasteiger partial charge in [0.25, 0.3) is 0 Å². The van der Waals surface area contributed by atoms with E-state index in [-0.39, 0.29) is 38.3 Å². The zero-order valence-electron chi connectivity index (χ0n) is 37.9. The van der Waals surface area contributed by atoms with E-state index in [9.17, 15) is 19.0 Å². The lowest BCUT2D eigenvalue weighted by Gasteiger charge is -2.24. The highest BCUT2D eigenvalue weighted by Crippen LogP contribution is 2.43. The number of carbonyl (C=O) groups is 2. The highest BCUT2D eigenvalue weighted by molar-refractivity contribution is 7.47. The van der Waals surface area contributed by atoms with Gasteiger partial charge in [-0.2, -0.15) is 0 Å². The number of hydrogen-bond donors (Lipinski definition) is 1. The molecule has 11 heteroatoms. The summed E-state index contributed by atoms with van der Waals surface area (Å²) in [6.07, 6.45) is 45.8. The molecule has 1 aliphatic heterocycles. The van der Waals surface area contributed by atoms with Crippen molar-refractivity contribution in [1.29, 1.82) is 0 Å². The summed E-state index contributed by atoms with van der Waals surface area (Å²) in [6.45, 7) is 4.27. The molecule has 0 spiro atoms. The van der Waals surface area contributed by atoms with Crippen LogP contribution in [0.25, 0.3) is 0 Å². The van der Waals surface area contributed by atoms with Gasteiger partial charge in [0.15, 0.2) is 6.10 Å². The van der Waals surface area contributed by atoms with E-state index in [2.05, 4.69) is 74.6 Å². The molecular formula is C48H85NO9P+. The van der Waals surface area contributed by atoms with Crippen molar-refractivity contribution >= 4 is 19.8 Å². The molecule has 1 saturated heterocycles. The second-order valence-corrected chi connectivity index (χ2v) is 18.3. The Morgan fingerprint density at radius 3 is 1.66 bits per heavy atom. The van der Waals surface area contributed by atoms with E-state index in [1.54, 1.807) is 0 Å². The maximum absolute atomic E-state index is 12.7. The molecule has 1 aliphatic rings. The maximum Gasteiger partial charge on any atom is 0.472 e. The first-order valence-corrected chi connectivity index (χ1v) is 24.6. The summed E-state index contributed by atoms with van der Waals surface area (Å²) in [6, 6.07) is 0. The summed E-state index contributed by atoms with van der Waals surface area (Å²) in [4.78, 5) is 35.5. The summed E-state index contributed by atoms with van der Waals surface area (Å²) < 4.78 is 40.1. The fourth-order valence-electron chi connectivity index (χ4n) is 6.14. The second kappa shape index (κ2) is 36.3. The van der Waals surface area contributed by atoms with Gasteiger partial charge >= 0.3 is 19.8 Å². The third-order valence-electron chi connectivity index (χ3n) is 9.92. The molecule has 0 saturated carbocycles. The molecule has 1 rings (SSSR count). The molecule has 0 aliphatic carbocycles. The molecule has 0 bridgehead atoms. The summed E-state index contributed by atoms with van der Waals surface area (Å²) in [5.74, 6) is -0.885. The Hall–Kier alpha value is -2.33.